The minimum atomic E-state index is -4.07. The highest BCUT2D eigenvalue weighted by Crippen LogP contribution is 2.27. The molecule has 0 amide bonds. The second-order valence-electron chi connectivity index (χ2n) is 5.37. The van der Waals surface area contributed by atoms with E-state index in [-0.39, 0.29) is 22.8 Å². The second kappa shape index (κ2) is 6.19. The van der Waals surface area contributed by atoms with Crippen molar-refractivity contribution < 1.29 is 26.7 Å². The SMILES string of the molecule is CN(C)S(=O)(=O)c1cccc(S(=O)(=O)N2CCC[C@@H]2C(=O)O)c1. The number of rotatable bonds is 5. The first-order valence-electron chi connectivity index (χ1n) is 6.85. The van der Waals surface area contributed by atoms with Crippen LogP contribution < -0.4 is 0 Å². The van der Waals surface area contributed by atoms with Crippen molar-refractivity contribution in [2.24, 2.45) is 0 Å². The van der Waals surface area contributed by atoms with E-state index in [4.69, 9.17) is 5.11 Å². The molecule has 1 N–H and O–H groups in total. The third-order valence-electron chi connectivity index (χ3n) is 3.68. The van der Waals surface area contributed by atoms with E-state index < -0.39 is 32.1 Å². The zero-order valence-corrected chi connectivity index (χ0v) is 14.3. The summed E-state index contributed by atoms with van der Waals surface area (Å²) in [6.45, 7) is 0.101. The third-order valence-corrected chi connectivity index (χ3v) is 7.39. The lowest BCUT2D eigenvalue weighted by Crippen LogP contribution is -2.40. The molecule has 1 heterocycles. The van der Waals surface area contributed by atoms with Crippen molar-refractivity contribution in [2.75, 3.05) is 20.6 Å². The fraction of sp³-hybridized carbons (Fsp3) is 0.462. The highest BCUT2D eigenvalue weighted by molar-refractivity contribution is 7.90. The van der Waals surface area contributed by atoms with Gasteiger partial charge in [0.25, 0.3) is 0 Å². The fourth-order valence-electron chi connectivity index (χ4n) is 2.42. The average molecular weight is 362 g/mol. The smallest absolute Gasteiger partial charge is 0.322 e. The number of sulfonamides is 2. The van der Waals surface area contributed by atoms with Crippen LogP contribution in [-0.4, -0.2) is 63.2 Å². The lowest BCUT2D eigenvalue weighted by molar-refractivity contribution is -0.140. The summed E-state index contributed by atoms with van der Waals surface area (Å²) < 4.78 is 51.5. The Hall–Kier alpha value is -1.49. The number of benzene rings is 1. The molecule has 128 valence electrons. The molecule has 0 saturated carbocycles. The summed E-state index contributed by atoms with van der Waals surface area (Å²) in [6.07, 6.45) is 0.691. The van der Waals surface area contributed by atoms with E-state index in [1.54, 1.807) is 0 Å². The molecule has 1 saturated heterocycles. The topological polar surface area (TPSA) is 112 Å². The molecular weight excluding hydrogens is 344 g/mol. The predicted molar refractivity (Wildman–Crippen MR) is 81.9 cm³/mol. The number of hydrogen-bond acceptors (Lipinski definition) is 5. The standard InChI is InChI=1S/C13H18N2O6S2/c1-14(2)22(18,19)10-5-3-6-11(9-10)23(20,21)15-8-4-7-12(15)13(16)17/h3,5-6,9,12H,4,7-8H2,1-2H3,(H,16,17)/t12-/m1/s1. The van der Waals surface area contributed by atoms with Gasteiger partial charge < -0.3 is 5.11 Å². The van der Waals surface area contributed by atoms with Crippen LogP contribution in [-0.2, 0) is 24.8 Å². The molecule has 23 heavy (non-hydrogen) atoms. The van der Waals surface area contributed by atoms with Gasteiger partial charge in [-0.3, -0.25) is 4.79 Å². The molecule has 2 rings (SSSR count). The Morgan fingerprint density at radius 2 is 1.83 bits per heavy atom. The molecule has 1 aromatic carbocycles. The molecule has 1 aromatic rings. The molecule has 0 radical (unpaired) electrons. The van der Waals surface area contributed by atoms with Gasteiger partial charge in [-0.1, -0.05) is 6.07 Å². The molecular formula is C13H18N2O6S2. The average Bonchev–Trinajstić information content (AvgIpc) is 2.97. The lowest BCUT2D eigenvalue weighted by Gasteiger charge is -2.21. The first-order chi connectivity index (χ1) is 10.6. The van der Waals surface area contributed by atoms with Crippen molar-refractivity contribution in [1.29, 1.82) is 0 Å². The quantitative estimate of drug-likeness (QED) is 0.799. The van der Waals surface area contributed by atoms with Gasteiger partial charge in [-0.15, -0.1) is 0 Å². The first kappa shape index (κ1) is 17.9. The molecule has 0 aliphatic carbocycles. The van der Waals surface area contributed by atoms with Crippen LogP contribution in [0.15, 0.2) is 34.1 Å². The summed E-state index contributed by atoms with van der Waals surface area (Å²) in [7, 11) is -5.16. The molecule has 0 aromatic heterocycles. The number of carboxylic acid groups (broad SMARTS) is 1. The van der Waals surface area contributed by atoms with Gasteiger partial charge in [-0.05, 0) is 31.0 Å². The summed E-state index contributed by atoms with van der Waals surface area (Å²) in [5.74, 6) is -1.21. The maximum atomic E-state index is 12.7. The summed E-state index contributed by atoms with van der Waals surface area (Å²) in [4.78, 5) is 10.8. The highest BCUT2D eigenvalue weighted by atomic mass is 32.2. The Kier molecular flexibility index (Phi) is 4.81. The van der Waals surface area contributed by atoms with Crippen molar-refractivity contribution in [3.8, 4) is 0 Å². The third kappa shape index (κ3) is 3.25. The predicted octanol–water partition coefficient (Wildman–Crippen LogP) is 0.175. The summed E-state index contributed by atoms with van der Waals surface area (Å²) >= 11 is 0. The molecule has 0 unspecified atom stereocenters. The number of carbonyl (C=O) groups is 1. The van der Waals surface area contributed by atoms with Crippen LogP contribution in [0.5, 0.6) is 0 Å². The normalized spacial score (nSPS) is 20.0. The van der Waals surface area contributed by atoms with Crippen molar-refractivity contribution in [3.63, 3.8) is 0 Å². The number of nitrogens with zero attached hydrogens (tertiary/aromatic N) is 2. The molecule has 0 spiro atoms. The summed E-state index contributed by atoms with van der Waals surface area (Å²) in [5, 5.41) is 9.14. The van der Waals surface area contributed by atoms with E-state index in [0.29, 0.717) is 6.42 Å². The minimum absolute atomic E-state index is 0.101. The van der Waals surface area contributed by atoms with Crippen LogP contribution in [0, 0.1) is 0 Å². The number of aliphatic carboxylic acids is 1. The Labute approximate surface area is 135 Å². The maximum absolute atomic E-state index is 12.7. The molecule has 1 fully saturated rings. The zero-order valence-electron chi connectivity index (χ0n) is 12.7. The number of hydrogen-bond donors (Lipinski definition) is 1. The Balaban J connectivity index is 2.48. The molecule has 10 heteroatoms. The van der Waals surface area contributed by atoms with Crippen molar-refractivity contribution in [2.45, 2.75) is 28.7 Å². The van der Waals surface area contributed by atoms with Gasteiger partial charge in [0.2, 0.25) is 20.0 Å². The summed E-state index contributed by atoms with van der Waals surface area (Å²) in [5.41, 5.74) is 0. The fourth-order valence-corrected chi connectivity index (χ4v) is 5.14. The first-order valence-corrected chi connectivity index (χ1v) is 9.74. The van der Waals surface area contributed by atoms with Gasteiger partial charge in [0.05, 0.1) is 9.79 Å². The van der Waals surface area contributed by atoms with E-state index in [1.807, 2.05) is 0 Å². The van der Waals surface area contributed by atoms with Crippen molar-refractivity contribution >= 4 is 26.0 Å². The zero-order chi connectivity index (χ0) is 17.4. The van der Waals surface area contributed by atoms with Crippen LogP contribution in [0.2, 0.25) is 0 Å². The lowest BCUT2D eigenvalue weighted by atomic mass is 10.2. The van der Waals surface area contributed by atoms with Crippen LogP contribution in [0.4, 0.5) is 0 Å². The highest BCUT2D eigenvalue weighted by Gasteiger charge is 2.39. The second-order valence-corrected chi connectivity index (χ2v) is 9.42. The monoisotopic (exact) mass is 362 g/mol. The molecule has 0 bridgehead atoms. The van der Waals surface area contributed by atoms with E-state index >= 15 is 0 Å². The van der Waals surface area contributed by atoms with Crippen LogP contribution in [0.25, 0.3) is 0 Å². The Morgan fingerprint density at radius 3 is 2.39 bits per heavy atom. The number of carboxylic acids is 1. The van der Waals surface area contributed by atoms with Crippen LogP contribution in [0.3, 0.4) is 0 Å². The van der Waals surface area contributed by atoms with Crippen molar-refractivity contribution in [1.82, 2.24) is 8.61 Å². The molecule has 1 aliphatic heterocycles. The van der Waals surface area contributed by atoms with Gasteiger partial charge >= 0.3 is 5.97 Å². The minimum Gasteiger partial charge on any atom is -0.480 e. The van der Waals surface area contributed by atoms with Crippen LogP contribution >= 0.6 is 0 Å². The Bertz CT molecular complexity index is 817. The van der Waals surface area contributed by atoms with E-state index in [9.17, 15) is 21.6 Å². The summed E-state index contributed by atoms with van der Waals surface area (Å²) in [6, 6.07) is 3.83. The van der Waals surface area contributed by atoms with Crippen molar-refractivity contribution in [3.05, 3.63) is 24.3 Å². The van der Waals surface area contributed by atoms with Gasteiger partial charge in [0.1, 0.15) is 6.04 Å². The van der Waals surface area contributed by atoms with E-state index in [2.05, 4.69) is 0 Å². The molecule has 8 nitrogen and oxygen atoms in total. The largest absolute Gasteiger partial charge is 0.480 e. The Morgan fingerprint density at radius 1 is 1.22 bits per heavy atom. The van der Waals surface area contributed by atoms with E-state index in [1.165, 1.54) is 32.3 Å². The maximum Gasteiger partial charge on any atom is 0.322 e. The van der Waals surface area contributed by atoms with Crippen LogP contribution in [0.1, 0.15) is 12.8 Å². The molecule has 1 atom stereocenters. The van der Waals surface area contributed by atoms with Gasteiger partial charge in [0.15, 0.2) is 0 Å². The van der Waals surface area contributed by atoms with Gasteiger partial charge in [-0.2, -0.15) is 4.31 Å². The molecule has 1 aliphatic rings. The van der Waals surface area contributed by atoms with Gasteiger partial charge in [0, 0.05) is 20.6 Å². The van der Waals surface area contributed by atoms with E-state index in [0.717, 1.165) is 14.7 Å². The van der Waals surface area contributed by atoms with Gasteiger partial charge in [-0.25, -0.2) is 21.1 Å².